The van der Waals surface area contributed by atoms with Gasteiger partial charge >= 0.3 is 5.97 Å². The lowest BCUT2D eigenvalue weighted by Crippen LogP contribution is -2.26. The summed E-state index contributed by atoms with van der Waals surface area (Å²) in [4.78, 5) is 11.8. The van der Waals surface area contributed by atoms with Gasteiger partial charge in [0.1, 0.15) is 0 Å². The molecule has 0 spiro atoms. The molecular weight excluding hydrogens is 268 g/mol. The third-order valence-electron chi connectivity index (χ3n) is 3.54. The van der Waals surface area contributed by atoms with Gasteiger partial charge in [-0.3, -0.25) is 4.79 Å². The highest BCUT2D eigenvalue weighted by atomic mass is 32.1. The van der Waals surface area contributed by atoms with Crippen LogP contribution in [0.25, 0.3) is 16.7 Å². The zero-order valence-corrected chi connectivity index (χ0v) is 12.8. The number of hydrogen-bond acceptors (Lipinski definition) is 3. The molecule has 0 unspecified atom stereocenters. The van der Waals surface area contributed by atoms with Crippen LogP contribution in [0, 0.1) is 5.41 Å². The van der Waals surface area contributed by atoms with E-state index in [1.54, 1.807) is 11.3 Å². The van der Waals surface area contributed by atoms with Crippen LogP contribution < -0.4 is 0 Å². The minimum absolute atomic E-state index is 0.274. The predicted octanol–water partition coefficient (Wildman–Crippen LogP) is 4.63. The molecule has 0 saturated carbocycles. The van der Waals surface area contributed by atoms with Gasteiger partial charge in [-0.1, -0.05) is 30.8 Å². The quantitative estimate of drug-likeness (QED) is 0.766. The Balaban J connectivity index is 2.26. The molecule has 0 aliphatic carbocycles. The largest absolute Gasteiger partial charge is 0.468 e. The van der Waals surface area contributed by atoms with Crippen LogP contribution in [-0.2, 0) is 9.53 Å². The van der Waals surface area contributed by atoms with Crippen molar-refractivity contribution in [3.63, 3.8) is 0 Å². The smallest absolute Gasteiger partial charge is 0.315 e. The van der Waals surface area contributed by atoms with Crippen molar-refractivity contribution in [1.82, 2.24) is 0 Å². The molecule has 2 aromatic rings. The van der Waals surface area contributed by atoms with E-state index < -0.39 is 5.41 Å². The lowest BCUT2D eigenvalue weighted by molar-refractivity contribution is -0.147. The lowest BCUT2D eigenvalue weighted by Gasteiger charge is -2.24. The normalized spacial score (nSPS) is 11.2. The highest BCUT2D eigenvalue weighted by Gasteiger charge is 2.32. The Hall–Kier alpha value is -1.87. The maximum absolute atomic E-state index is 11.8. The van der Waals surface area contributed by atoms with Gasteiger partial charge in [0.25, 0.3) is 0 Å². The summed E-state index contributed by atoms with van der Waals surface area (Å²) in [6.07, 6.45) is 0. The summed E-state index contributed by atoms with van der Waals surface area (Å²) < 4.78 is 4.84. The molecule has 1 aromatic carbocycles. The van der Waals surface area contributed by atoms with Crippen LogP contribution >= 0.6 is 11.3 Å². The van der Waals surface area contributed by atoms with E-state index in [-0.39, 0.29) is 5.97 Å². The molecule has 0 aliphatic heterocycles. The molecule has 0 atom stereocenters. The second kappa shape index (κ2) is 5.63. The summed E-state index contributed by atoms with van der Waals surface area (Å²) >= 11 is 1.68. The van der Waals surface area contributed by atoms with Crippen molar-refractivity contribution in [2.75, 3.05) is 7.11 Å². The van der Waals surface area contributed by atoms with E-state index in [9.17, 15) is 4.79 Å². The zero-order chi connectivity index (χ0) is 14.8. The molecule has 2 rings (SSSR count). The predicted molar refractivity (Wildman–Crippen MR) is 84.6 cm³/mol. The van der Waals surface area contributed by atoms with Gasteiger partial charge in [0.2, 0.25) is 0 Å². The molecule has 0 radical (unpaired) electrons. The van der Waals surface area contributed by atoms with Gasteiger partial charge in [0.05, 0.1) is 12.5 Å². The third-order valence-corrected chi connectivity index (χ3v) is 4.22. The van der Waals surface area contributed by atoms with Crippen molar-refractivity contribution in [3.8, 4) is 11.1 Å². The van der Waals surface area contributed by atoms with Crippen LogP contribution in [0.1, 0.15) is 19.4 Å². The Kier molecular flexibility index (Phi) is 4.09. The average Bonchev–Trinajstić information content (AvgIpc) is 2.99. The minimum atomic E-state index is -0.724. The van der Waals surface area contributed by atoms with Crippen LogP contribution in [0.3, 0.4) is 0 Å². The van der Waals surface area contributed by atoms with Gasteiger partial charge in [-0.25, -0.2) is 0 Å². The molecular formula is C17H18O2S. The van der Waals surface area contributed by atoms with Gasteiger partial charge in [0, 0.05) is 0 Å². The number of thiophene rings is 1. The van der Waals surface area contributed by atoms with Crippen molar-refractivity contribution in [1.29, 1.82) is 0 Å². The monoisotopic (exact) mass is 286 g/mol. The summed E-state index contributed by atoms with van der Waals surface area (Å²) in [5.74, 6) is -0.274. The van der Waals surface area contributed by atoms with Crippen LogP contribution in [0.5, 0.6) is 0 Å². The Morgan fingerprint density at radius 3 is 2.30 bits per heavy atom. The molecule has 1 heterocycles. The fraction of sp³-hybridized carbons (Fsp3) is 0.235. The summed E-state index contributed by atoms with van der Waals surface area (Å²) in [5, 5.41) is 4.17. The first-order chi connectivity index (χ1) is 9.46. The molecule has 0 saturated heterocycles. The second-order valence-electron chi connectivity index (χ2n) is 5.18. The summed E-state index contributed by atoms with van der Waals surface area (Å²) in [6, 6.07) is 10.2. The first-order valence-corrected chi connectivity index (χ1v) is 7.32. The highest BCUT2D eigenvalue weighted by Crippen LogP contribution is 2.35. The van der Waals surface area contributed by atoms with Crippen molar-refractivity contribution in [3.05, 3.63) is 53.2 Å². The third kappa shape index (κ3) is 2.68. The Morgan fingerprint density at radius 1 is 1.15 bits per heavy atom. The molecule has 2 nitrogen and oxygen atoms in total. The number of hydrogen-bond donors (Lipinski definition) is 0. The van der Waals surface area contributed by atoms with E-state index in [0.29, 0.717) is 0 Å². The number of esters is 1. The highest BCUT2D eigenvalue weighted by molar-refractivity contribution is 7.08. The Bertz CT molecular complexity index is 607. The van der Waals surface area contributed by atoms with E-state index in [4.69, 9.17) is 4.74 Å². The van der Waals surface area contributed by atoms with Gasteiger partial charge in [-0.15, -0.1) is 0 Å². The standard InChI is InChI=1S/C17H18O2S/c1-12(17(2,3)16(18)19-4)13-5-7-14(8-6-13)15-9-10-20-11-15/h5-11H,1H2,2-4H3. The van der Waals surface area contributed by atoms with Crippen molar-refractivity contribution in [2.45, 2.75) is 13.8 Å². The van der Waals surface area contributed by atoms with Crippen LogP contribution in [0.4, 0.5) is 0 Å². The number of methoxy groups -OCH3 is 1. The molecule has 104 valence electrons. The lowest BCUT2D eigenvalue weighted by atomic mass is 9.81. The number of carbonyl (C=O) groups is 1. The number of ether oxygens (including phenoxy) is 1. The molecule has 0 fully saturated rings. The summed E-state index contributed by atoms with van der Waals surface area (Å²) in [7, 11) is 1.40. The fourth-order valence-electron chi connectivity index (χ4n) is 2.03. The van der Waals surface area contributed by atoms with Gasteiger partial charge in [-0.05, 0) is 52.9 Å². The molecule has 0 amide bonds. The Morgan fingerprint density at radius 2 is 1.80 bits per heavy atom. The average molecular weight is 286 g/mol. The van der Waals surface area contributed by atoms with Gasteiger partial charge < -0.3 is 4.74 Å². The number of rotatable bonds is 4. The summed E-state index contributed by atoms with van der Waals surface area (Å²) in [5.41, 5.74) is 3.37. The summed E-state index contributed by atoms with van der Waals surface area (Å²) in [6.45, 7) is 7.71. The zero-order valence-electron chi connectivity index (χ0n) is 12.0. The first kappa shape index (κ1) is 14.5. The maximum Gasteiger partial charge on any atom is 0.315 e. The van der Waals surface area contributed by atoms with E-state index >= 15 is 0 Å². The first-order valence-electron chi connectivity index (χ1n) is 6.37. The van der Waals surface area contributed by atoms with Gasteiger partial charge in [-0.2, -0.15) is 11.3 Å². The Labute approximate surface area is 123 Å². The molecule has 0 bridgehead atoms. The fourth-order valence-corrected chi connectivity index (χ4v) is 2.70. The molecule has 0 N–H and O–H groups in total. The molecule has 3 heteroatoms. The van der Waals surface area contributed by atoms with Crippen molar-refractivity contribution in [2.24, 2.45) is 5.41 Å². The van der Waals surface area contributed by atoms with Crippen LogP contribution in [-0.4, -0.2) is 13.1 Å². The van der Waals surface area contributed by atoms with Crippen molar-refractivity contribution >= 4 is 22.9 Å². The molecule has 0 aliphatic rings. The molecule has 1 aromatic heterocycles. The number of carbonyl (C=O) groups excluding carboxylic acids is 1. The second-order valence-corrected chi connectivity index (χ2v) is 5.96. The van der Waals surface area contributed by atoms with E-state index in [1.807, 2.05) is 26.0 Å². The topological polar surface area (TPSA) is 26.3 Å². The van der Waals surface area contributed by atoms with Crippen molar-refractivity contribution < 1.29 is 9.53 Å². The molecule has 20 heavy (non-hydrogen) atoms. The van der Waals surface area contributed by atoms with E-state index in [1.165, 1.54) is 18.2 Å². The van der Waals surface area contributed by atoms with Gasteiger partial charge in [0.15, 0.2) is 0 Å². The maximum atomic E-state index is 11.8. The minimum Gasteiger partial charge on any atom is -0.468 e. The number of benzene rings is 1. The van der Waals surface area contributed by atoms with E-state index in [2.05, 4.69) is 35.5 Å². The van der Waals surface area contributed by atoms with E-state index in [0.717, 1.165) is 11.1 Å². The van der Waals surface area contributed by atoms with Crippen LogP contribution in [0.15, 0.2) is 47.7 Å². The van der Waals surface area contributed by atoms with Crippen LogP contribution in [0.2, 0.25) is 0 Å². The SMILES string of the molecule is C=C(c1ccc(-c2ccsc2)cc1)C(C)(C)C(=O)OC.